The van der Waals surface area contributed by atoms with E-state index in [1.165, 1.54) is 48.5 Å². The Labute approximate surface area is 259 Å². The molecule has 4 rings (SSSR count). The van der Waals surface area contributed by atoms with Gasteiger partial charge in [0.25, 0.3) is 20.2 Å². The third-order valence-corrected chi connectivity index (χ3v) is 10.6. The maximum Gasteiger partial charge on any atom is 0.298 e. The van der Waals surface area contributed by atoms with E-state index in [9.17, 15) is 34.4 Å². The molecule has 0 aliphatic rings. The minimum atomic E-state index is -4.82. The lowest BCUT2D eigenvalue weighted by molar-refractivity contribution is 0.449. The van der Waals surface area contributed by atoms with E-state index < -0.39 is 40.4 Å². The molecule has 0 unspecified atom stereocenters. The topological polar surface area (TPSA) is 152 Å². The molecule has 0 saturated carbocycles. The van der Waals surface area contributed by atoms with Gasteiger partial charge in [-0.25, -0.2) is 8.42 Å². The molecule has 234 valence electrons. The molecule has 2 N–H and O–H groups in total. The fourth-order valence-electron chi connectivity index (χ4n) is 4.59. The third-order valence-electron chi connectivity index (χ3n) is 7.01. The van der Waals surface area contributed by atoms with Gasteiger partial charge in [0, 0.05) is 0 Å². The van der Waals surface area contributed by atoms with Crippen LogP contribution in [-0.4, -0.2) is 34.4 Å². The van der Waals surface area contributed by atoms with Crippen LogP contribution in [-0.2, 0) is 40.9 Å². The molecular formula is C32H34O9S3. The van der Waals surface area contributed by atoms with Gasteiger partial charge in [0.1, 0.15) is 16.4 Å². The quantitative estimate of drug-likeness (QED) is 0.199. The zero-order valence-electron chi connectivity index (χ0n) is 25.1. The van der Waals surface area contributed by atoms with Gasteiger partial charge in [0.05, 0.1) is 14.7 Å². The molecule has 0 radical (unpaired) electrons. The fourth-order valence-corrected chi connectivity index (χ4v) is 7.42. The van der Waals surface area contributed by atoms with Crippen LogP contribution < -0.4 is 4.74 Å². The number of hydrogen-bond acceptors (Lipinski definition) is 7. The van der Waals surface area contributed by atoms with E-state index in [0.717, 1.165) is 11.6 Å². The standard InChI is InChI=1S/C32H34O9S3/c1-31(2,3)23-9-13-25(14-10-23)42(33,34)26-15-11-24(12-16-26)41-28-18-8-22(20-30(28)44(38,39)40)21-7-17-27(32(4,5)6)29(19-21)43(35,36)37/h7-20H,1-6H3,(H,35,36,37)(H,38,39,40). The Bertz CT molecular complexity index is 2030. The number of rotatable bonds is 7. The summed E-state index contributed by atoms with van der Waals surface area (Å²) in [6, 6.07) is 20.2. The second-order valence-electron chi connectivity index (χ2n) is 12.4. The SMILES string of the molecule is CC(C)(C)c1ccc(S(=O)(=O)c2ccc(Oc3ccc(-c4ccc(C(C)(C)C)c(S(=O)(=O)O)c4)cc3S(=O)(=O)O)cc2)cc1. The van der Waals surface area contributed by atoms with Gasteiger partial charge in [-0.3, -0.25) is 9.11 Å². The highest BCUT2D eigenvalue weighted by atomic mass is 32.2. The highest BCUT2D eigenvalue weighted by Crippen LogP contribution is 2.37. The van der Waals surface area contributed by atoms with Gasteiger partial charge in [0.15, 0.2) is 0 Å². The number of hydrogen-bond donors (Lipinski definition) is 2. The van der Waals surface area contributed by atoms with Crippen LogP contribution in [0.15, 0.2) is 105 Å². The Morgan fingerprint density at radius 1 is 0.545 bits per heavy atom. The number of benzene rings is 4. The lowest BCUT2D eigenvalue weighted by Gasteiger charge is -2.22. The normalized spacial score (nSPS) is 13.1. The molecule has 44 heavy (non-hydrogen) atoms. The molecule has 0 aliphatic heterocycles. The maximum absolute atomic E-state index is 13.2. The molecule has 0 saturated heterocycles. The van der Waals surface area contributed by atoms with Gasteiger partial charge in [-0.15, -0.1) is 0 Å². The van der Waals surface area contributed by atoms with Crippen LogP contribution in [0.4, 0.5) is 0 Å². The van der Waals surface area contributed by atoms with E-state index in [4.69, 9.17) is 4.74 Å². The van der Waals surface area contributed by atoms with Crippen LogP contribution in [0.3, 0.4) is 0 Å². The van der Waals surface area contributed by atoms with Crippen molar-refractivity contribution in [2.75, 3.05) is 0 Å². The molecule has 0 heterocycles. The molecule has 4 aromatic rings. The van der Waals surface area contributed by atoms with Gasteiger partial charge in [0.2, 0.25) is 9.84 Å². The molecule has 0 aromatic heterocycles. The summed E-state index contributed by atoms with van der Waals surface area (Å²) in [7, 11) is -13.3. The first-order valence-corrected chi connectivity index (χ1v) is 17.8. The second kappa shape index (κ2) is 11.4. The third kappa shape index (κ3) is 7.22. The lowest BCUT2D eigenvalue weighted by atomic mass is 9.86. The maximum atomic E-state index is 13.2. The van der Waals surface area contributed by atoms with E-state index >= 15 is 0 Å². The van der Waals surface area contributed by atoms with Crippen LogP contribution in [0.25, 0.3) is 11.1 Å². The van der Waals surface area contributed by atoms with E-state index in [0.29, 0.717) is 5.56 Å². The predicted octanol–water partition coefficient (Wildman–Crippen LogP) is 7.07. The Hall–Kier alpha value is -3.55. The minimum Gasteiger partial charge on any atom is -0.456 e. The molecule has 0 amide bonds. The number of ether oxygens (including phenoxy) is 1. The molecule has 4 aromatic carbocycles. The predicted molar refractivity (Wildman–Crippen MR) is 167 cm³/mol. The fraction of sp³-hybridized carbons (Fsp3) is 0.250. The van der Waals surface area contributed by atoms with Crippen LogP contribution in [0.1, 0.15) is 52.7 Å². The first-order chi connectivity index (χ1) is 20.1. The van der Waals surface area contributed by atoms with Gasteiger partial charge < -0.3 is 4.74 Å². The molecule has 9 nitrogen and oxygen atoms in total. The van der Waals surface area contributed by atoms with Crippen molar-refractivity contribution in [2.45, 2.75) is 72.0 Å². The van der Waals surface area contributed by atoms with Crippen molar-refractivity contribution in [3.63, 3.8) is 0 Å². The molecule has 0 atom stereocenters. The molecule has 0 aliphatic carbocycles. The molecule has 0 spiro atoms. The van der Waals surface area contributed by atoms with Crippen molar-refractivity contribution in [2.24, 2.45) is 0 Å². The van der Waals surface area contributed by atoms with Crippen molar-refractivity contribution < 1.29 is 39.1 Å². The van der Waals surface area contributed by atoms with Gasteiger partial charge in [-0.2, -0.15) is 16.8 Å². The Kier molecular flexibility index (Phi) is 8.66. The van der Waals surface area contributed by atoms with E-state index in [1.54, 1.807) is 51.1 Å². The van der Waals surface area contributed by atoms with Crippen LogP contribution >= 0.6 is 0 Å². The largest absolute Gasteiger partial charge is 0.456 e. The monoisotopic (exact) mass is 658 g/mol. The summed E-state index contributed by atoms with van der Waals surface area (Å²) in [5, 5.41) is 0. The first-order valence-electron chi connectivity index (χ1n) is 13.5. The van der Waals surface area contributed by atoms with Crippen molar-refractivity contribution >= 4 is 30.1 Å². The van der Waals surface area contributed by atoms with E-state index in [1.807, 2.05) is 20.8 Å². The Balaban J connectivity index is 1.67. The average Bonchev–Trinajstić information content (AvgIpc) is 2.91. The summed E-state index contributed by atoms with van der Waals surface area (Å²) in [6.07, 6.45) is 0. The summed E-state index contributed by atoms with van der Waals surface area (Å²) < 4.78 is 101. The van der Waals surface area contributed by atoms with Crippen molar-refractivity contribution in [1.29, 1.82) is 0 Å². The highest BCUT2D eigenvalue weighted by molar-refractivity contribution is 7.91. The summed E-state index contributed by atoms with van der Waals surface area (Å²) in [5.74, 6) is -0.140. The van der Waals surface area contributed by atoms with Gasteiger partial charge >= 0.3 is 0 Å². The average molecular weight is 659 g/mol. The van der Waals surface area contributed by atoms with Gasteiger partial charge in [-0.05, 0) is 87.7 Å². The molecular weight excluding hydrogens is 625 g/mol. The number of sulfone groups is 1. The molecule has 0 fully saturated rings. The molecule has 12 heteroatoms. The van der Waals surface area contributed by atoms with Crippen molar-refractivity contribution in [1.82, 2.24) is 0 Å². The summed E-state index contributed by atoms with van der Waals surface area (Å²) in [6.45, 7) is 11.4. The summed E-state index contributed by atoms with van der Waals surface area (Å²) in [4.78, 5) is -0.793. The van der Waals surface area contributed by atoms with Crippen LogP contribution in [0, 0.1) is 0 Å². The van der Waals surface area contributed by atoms with Crippen molar-refractivity contribution in [3.8, 4) is 22.6 Å². The lowest BCUT2D eigenvalue weighted by Crippen LogP contribution is -2.16. The van der Waals surface area contributed by atoms with Crippen LogP contribution in [0.5, 0.6) is 11.5 Å². The highest BCUT2D eigenvalue weighted by Gasteiger charge is 2.26. The smallest absolute Gasteiger partial charge is 0.298 e. The zero-order valence-corrected chi connectivity index (χ0v) is 27.5. The first kappa shape index (κ1) is 33.3. The minimum absolute atomic E-state index is 0.00653. The summed E-state index contributed by atoms with van der Waals surface area (Å²) >= 11 is 0. The Morgan fingerprint density at radius 3 is 1.45 bits per heavy atom. The molecule has 0 bridgehead atoms. The van der Waals surface area contributed by atoms with E-state index in [-0.39, 0.29) is 42.7 Å². The van der Waals surface area contributed by atoms with Crippen molar-refractivity contribution in [3.05, 3.63) is 96.1 Å². The summed E-state index contributed by atoms with van der Waals surface area (Å²) in [5.41, 5.74) is 1.10. The van der Waals surface area contributed by atoms with Crippen LogP contribution in [0.2, 0.25) is 0 Å². The zero-order chi connectivity index (χ0) is 32.9. The van der Waals surface area contributed by atoms with E-state index in [2.05, 4.69) is 0 Å². The van der Waals surface area contributed by atoms with Gasteiger partial charge in [-0.1, -0.05) is 71.9 Å². The Morgan fingerprint density at radius 2 is 1.00 bits per heavy atom. The second-order valence-corrected chi connectivity index (χ2v) is 17.2.